The van der Waals surface area contributed by atoms with E-state index < -0.39 is 0 Å². The van der Waals surface area contributed by atoms with Gasteiger partial charge < -0.3 is 0 Å². The summed E-state index contributed by atoms with van der Waals surface area (Å²) in [6, 6.07) is 65.9. The van der Waals surface area contributed by atoms with Crippen LogP contribution in [-0.4, -0.2) is 9.97 Å². The second kappa shape index (κ2) is 12.7. The monoisotopic (exact) mass is 732 g/mol. The summed E-state index contributed by atoms with van der Waals surface area (Å²) in [5, 5.41) is 5.18. The molecule has 1 aliphatic carbocycles. The van der Waals surface area contributed by atoms with Crippen molar-refractivity contribution in [2.75, 3.05) is 0 Å². The Morgan fingerprint density at radius 2 is 1.04 bits per heavy atom. The number of nitrogens with zero attached hydrogens (tertiary/aromatic N) is 2. The van der Waals surface area contributed by atoms with Gasteiger partial charge in [0.25, 0.3) is 0 Å². The molecule has 264 valence electrons. The summed E-state index contributed by atoms with van der Waals surface area (Å²) in [5.41, 5.74) is 14.9. The largest absolute Gasteiger partial charge is 0.228 e. The van der Waals surface area contributed by atoms with Crippen LogP contribution in [0, 0.1) is 0 Å². The zero-order valence-electron chi connectivity index (χ0n) is 31.1. The first-order valence-electron chi connectivity index (χ1n) is 19.2. The van der Waals surface area contributed by atoms with Crippen LogP contribution >= 0.6 is 11.3 Å². The van der Waals surface area contributed by atoms with E-state index >= 15 is 0 Å². The SMILES string of the molecule is CC1(C)c2cc3ccccc3cc2-c2c(-c3ccccc3-c3cc(-c4ccc(-c5ccc6c(c5)sc5ccccc56)cc4)nc(-c4ccccc4)n3)cccc21. The molecule has 3 heteroatoms. The van der Waals surface area contributed by atoms with Crippen molar-refractivity contribution >= 4 is 42.3 Å². The van der Waals surface area contributed by atoms with Gasteiger partial charge in [-0.05, 0) is 85.6 Å². The van der Waals surface area contributed by atoms with E-state index in [9.17, 15) is 0 Å². The van der Waals surface area contributed by atoms with Crippen LogP contribution in [0.3, 0.4) is 0 Å². The zero-order chi connectivity index (χ0) is 37.4. The van der Waals surface area contributed by atoms with Crippen LogP contribution < -0.4 is 0 Å². The predicted molar refractivity (Wildman–Crippen MR) is 237 cm³/mol. The molecule has 0 saturated carbocycles. The number of fused-ring (bicyclic) bond motifs is 7. The van der Waals surface area contributed by atoms with Gasteiger partial charge in [-0.2, -0.15) is 0 Å². The van der Waals surface area contributed by atoms with E-state index in [2.05, 4.69) is 190 Å². The quantitative estimate of drug-likeness (QED) is 0.176. The van der Waals surface area contributed by atoms with Crippen LogP contribution in [-0.2, 0) is 5.41 Å². The smallest absolute Gasteiger partial charge is 0.160 e. The molecular weight excluding hydrogens is 697 g/mol. The third kappa shape index (κ3) is 5.23. The molecule has 0 aliphatic heterocycles. The Morgan fingerprint density at radius 1 is 0.393 bits per heavy atom. The normalized spacial score (nSPS) is 13.0. The van der Waals surface area contributed by atoms with Crippen molar-refractivity contribution in [2.45, 2.75) is 19.3 Å². The van der Waals surface area contributed by atoms with E-state index in [0.29, 0.717) is 5.82 Å². The summed E-state index contributed by atoms with van der Waals surface area (Å²) in [6.07, 6.45) is 0. The van der Waals surface area contributed by atoms with Crippen LogP contribution in [0.1, 0.15) is 25.0 Å². The Balaban J connectivity index is 1.04. The minimum atomic E-state index is -0.127. The number of aromatic nitrogens is 2. The van der Waals surface area contributed by atoms with E-state index in [1.165, 1.54) is 69.9 Å². The van der Waals surface area contributed by atoms with Crippen LogP contribution in [0.4, 0.5) is 0 Å². The van der Waals surface area contributed by atoms with Gasteiger partial charge in [0.1, 0.15) is 0 Å². The van der Waals surface area contributed by atoms with Gasteiger partial charge in [-0.15, -0.1) is 11.3 Å². The van der Waals surface area contributed by atoms with Crippen molar-refractivity contribution in [1.29, 1.82) is 0 Å². The molecule has 11 rings (SSSR count). The molecule has 0 spiro atoms. The van der Waals surface area contributed by atoms with E-state index in [0.717, 1.165) is 33.6 Å². The van der Waals surface area contributed by atoms with Crippen LogP contribution in [0.5, 0.6) is 0 Å². The van der Waals surface area contributed by atoms with Crippen molar-refractivity contribution in [1.82, 2.24) is 9.97 Å². The first-order valence-corrected chi connectivity index (χ1v) is 20.0. The topological polar surface area (TPSA) is 25.8 Å². The van der Waals surface area contributed by atoms with Crippen molar-refractivity contribution in [3.05, 3.63) is 193 Å². The summed E-state index contributed by atoms with van der Waals surface area (Å²) in [4.78, 5) is 10.5. The maximum Gasteiger partial charge on any atom is 0.160 e. The average molecular weight is 733 g/mol. The molecule has 0 N–H and O–H groups in total. The van der Waals surface area contributed by atoms with Gasteiger partial charge >= 0.3 is 0 Å². The van der Waals surface area contributed by atoms with E-state index in [1.54, 1.807) is 0 Å². The van der Waals surface area contributed by atoms with Gasteiger partial charge in [0, 0.05) is 42.3 Å². The first-order chi connectivity index (χ1) is 27.5. The first kappa shape index (κ1) is 32.7. The minimum Gasteiger partial charge on any atom is -0.228 e. The van der Waals surface area contributed by atoms with E-state index in [1.807, 2.05) is 17.4 Å². The van der Waals surface area contributed by atoms with Crippen molar-refractivity contribution < 1.29 is 0 Å². The molecule has 2 heterocycles. The highest BCUT2D eigenvalue weighted by atomic mass is 32.1. The molecule has 0 bridgehead atoms. The Bertz CT molecular complexity index is 3150. The Hall–Kier alpha value is -6.68. The maximum absolute atomic E-state index is 5.30. The fraction of sp³-hybridized carbons (Fsp3) is 0.0566. The lowest BCUT2D eigenvalue weighted by molar-refractivity contribution is 0.661. The number of benzene rings is 8. The van der Waals surface area contributed by atoms with E-state index in [-0.39, 0.29) is 5.41 Å². The van der Waals surface area contributed by atoms with Gasteiger partial charge in [0.05, 0.1) is 11.4 Å². The van der Waals surface area contributed by atoms with Crippen LogP contribution in [0.25, 0.3) is 98.2 Å². The highest BCUT2D eigenvalue weighted by Crippen LogP contribution is 2.54. The Kier molecular flexibility index (Phi) is 7.42. The van der Waals surface area contributed by atoms with Crippen LogP contribution in [0.2, 0.25) is 0 Å². The van der Waals surface area contributed by atoms with Gasteiger partial charge in [-0.25, -0.2) is 9.97 Å². The molecular formula is C53H36N2S. The summed E-state index contributed by atoms with van der Waals surface area (Å²) < 4.78 is 2.63. The van der Waals surface area contributed by atoms with Crippen molar-refractivity contribution in [2.24, 2.45) is 0 Å². The molecule has 0 unspecified atom stereocenters. The summed E-state index contributed by atoms with van der Waals surface area (Å²) >= 11 is 1.86. The summed E-state index contributed by atoms with van der Waals surface area (Å²) in [5.74, 6) is 0.712. The third-order valence-electron chi connectivity index (χ3n) is 11.7. The molecule has 0 atom stereocenters. The molecule has 8 aromatic carbocycles. The highest BCUT2D eigenvalue weighted by molar-refractivity contribution is 7.25. The molecule has 0 fully saturated rings. The number of hydrogen-bond donors (Lipinski definition) is 0. The molecule has 0 radical (unpaired) electrons. The minimum absolute atomic E-state index is 0.127. The van der Waals surface area contributed by atoms with Crippen molar-refractivity contribution in [3.8, 4) is 67.3 Å². The third-order valence-corrected chi connectivity index (χ3v) is 12.8. The molecule has 0 amide bonds. The van der Waals surface area contributed by atoms with Crippen LogP contribution in [0.15, 0.2) is 182 Å². The Morgan fingerprint density at radius 3 is 1.88 bits per heavy atom. The maximum atomic E-state index is 5.30. The highest BCUT2D eigenvalue weighted by Gasteiger charge is 2.37. The molecule has 2 aromatic heterocycles. The fourth-order valence-electron chi connectivity index (χ4n) is 8.83. The lowest BCUT2D eigenvalue weighted by atomic mass is 9.81. The van der Waals surface area contributed by atoms with Gasteiger partial charge in [-0.3, -0.25) is 0 Å². The molecule has 56 heavy (non-hydrogen) atoms. The number of hydrogen-bond acceptors (Lipinski definition) is 3. The predicted octanol–water partition coefficient (Wildman–Crippen LogP) is 14.6. The number of rotatable bonds is 5. The average Bonchev–Trinajstić information content (AvgIpc) is 3.74. The second-order valence-corrected chi connectivity index (χ2v) is 16.4. The molecule has 2 nitrogen and oxygen atoms in total. The van der Waals surface area contributed by atoms with Crippen molar-refractivity contribution in [3.63, 3.8) is 0 Å². The Labute approximate surface area is 330 Å². The standard InChI is InChI=1S/C53H36N2S/c1-53(2)45-21-12-20-43(51(45)44-29-36-15-6-7-16-37(36)30-46(44)53)39-17-8-9-18-40(39)48-32-47(54-52(55-48)35-13-4-3-5-14-35)34-25-23-33(24-26-34)38-27-28-42-41-19-10-11-22-49(41)56-50(42)31-38/h3-32H,1-2H3. The summed E-state index contributed by atoms with van der Waals surface area (Å²) in [7, 11) is 0. The zero-order valence-corrected chi connectivity index (χ0v) is 31.9. The fourth-order valence-corrected chi connectivity index (χ4v) is 9.97. The van der Waals surface area contributed by atoms with E-state index in [4.69, 9.17) is 9.97 Å². The lowest BCUT2D eigenvalue weighted by Crippen LogP contribution is -2.14. The van der Waals surface area contributed by atoms with Gasteiger partial charge in [-0.1, -0.05) is 166 Å². The summed E-state index contributed by atoms with van der Waals surface area (Å²) in [6.45, 7) is 4.72. The molecule has 1 aliphatic rings. The second-order valence-electron chi connectivity index (χ2n) is 15.4. The number of thiophene rings is 1. The molecule has 10 aromatic rings. The lowest BCUT2D eigenvalue weighted by Gasteiger charge is -2.22. The van der Waals surface area contributed by atoms with Gasteiger partial charge in [0.15, 0.2) is 5.82 Å². The molecule has 0 saturated heterocycles. The van der Waals surface area contributed by atoms with Gasteiger partial charge in [0.2, 0.25) is 0 Å².